The van der Waals surface area contributed by atoms with Gasteiger partial charge in [-0.2, -0.15) is 0 Å². The highest BCUT2D eigenvalue weighted by atomic mass is 16.7. The minimum absolute atomic E-state index is 0.0411. The van der Waals surface area contributed by atoms with E-state index in [0.29, 0.717) is 69.5 Å². The van der Waals surface area contributed by atoms with Crippen molar-refractivity contribution in [1.82, 2.24) is 0 Å². The number of hydrogen-bond acceptors (Lipinski definition) is 15. The highest BCUT2D eigenvalue weighted by molar-refractivity contribution is 5.79. The highest BCUT2D eigenvalue weighted by Crippen LogP contribution is 2.48. The lowest BCUT2D eigenvalue weighted by Gasteiger charge is -2.50. The van der Waals surface area contributed by atoms with Gasteiger partial charge in [0.05, 0.1) is 56.1 Å². The van der Waals surface area contributed by atoms with Crippen LogP contribution in [-0.4, -0.2) is 130 Å². The van der Waals surface area contributed by atoms with Crippen LogP contribution < -0.4 is 0 Å². The van der Waals surface area contributed by atoms with Crippen molar-refractivity contribution in [3.05, 3.63) is 60.4 Å². The Morgan fingerprint density at radius 3 is 2.27 bits per heavy atom. The van der Waals surface area contributed by atoms with Crippen molar-refractivity contribution in [1.29, 1.82) is 0 Å². The van der Waals surface area contributed by atoms with E-state index in [-0.39, 0.29) is 42.5 Å². The molecule has 6 saturated heterocycles. The third-order valence-corrected chi connectivity index (χ3v) is 19.0. The van der Waals surface area contributed by atoms with E-state index in [0.717, 1.165) is 82.8 Å². The van der Waals surface area contributed by atoms with Crippen molar-refractivity contribution in [3.63, 3.8) is 0 Å². The zero-order valence-corrected chi connectivity index (χ0v) is 51.9. The summed E-state index contributed by atoms with van der Waals surface area (Å²) < 4.78 is 56.7. The fourth-order valence-electron chi connectivity index (χ4n) is 13.9. The van der Waals surface area contributed by atoms with Crippen LogP contribution in [0.2, 0.25) is 0 Å². The van der Waals surface area contributed by atoms with E-state index in [1.807, 2.05) is 19.1 Å². The van der Waals surface area contributed by atoms with E-state index in [4.69, 9.17) is 42.6 Å². The Bertz CT molecular complexity index is 2110. The summed E-state index contributed by atoms with van der Waals surface area (Å²) in [5.41, 5.74) is -0.450. The maximum atomic E-state index is 13.1. The van der Waals surface area contributed by atoms with Gasteiger partial charge in [-0.3, -0.25) is 4.79 Å². The number of aliphatic hydroxyl groups is 4. The molecule has 4 N–H and O–H groups in total. The zero-order valence-electron chi connectivity index (χ0n) is 51.9. The van der Waals surface area contributed by atoms with Gasteiger partial charge in [0.2, 0.25) is 5.79 Å². The summed E-state index contributed by atoms with van der Waals surface area (Å²) in [6.07, 6.45) is 35.4. The minimum Gasteiger partial charge on any atom is -0.466 e. The summed E-state index contributed by atoms with van der Waals surface area (Å²) in [5, 5.41) is 46.1. The maximum Gasteiger partial charge on any atom is 0.342 e. The van der Waals surface area contributed by atoms with E-state index in [1.165, 1.54) is 83.8 Å². The molecular weight excluding hydrogens is 1060 g/mol. The van der Waals surface area contributed by atoms with Crippen LogP contribution in [0.3, 0.4) is 0 Å². The number of carbonyl (C=O) groups is 2. The van der Waals surface area contributed by atoms with Gasteiger partial charge in [0.15, 0.2) is 17.2 Å². The Hall–Kier alpha value is -2.80. The Morgan fingerprint density at radius 2 is 1.54 bits per heavy atom. The second kappa shape index (κ2) is 33.0. The molecule has 0 bridgehead atoms. The van der Waals surface area contributed by atoms with Crippen LogP contribution in [0.4, 0.5) is 0 Å². The molecule has 7 heterocycles. The molecule has 0 aromatic rings. The topological polar surface area (TPSA) is 198 Å². The average molecular weight is 1170 g/mol. The number of carbonyl (C=O) groups excluding carboxylic acids is 2. The number of aliphatic hydroxyl groups excluding tert-OH is 3. The first kappa shape index (κ1) is 67.7. The third-order valence-electron chi connectivity index (χ3n) is 19.0. The molecule has 0 aromatic heterocycles. The largest absolute Gasteiger partial charge is 0.466 e. The van der Waals surface area contributed by atoms with Crippen molar-refractivity contribution >= 4 is 11.9 Å². The van der Waals surface area contributed by atoms with Gasteiger partial charge in [0.1, 0.15) is 24.4 Å². The number of esters is 2. The summed E-state index contributed by atoms with van der Waals surface area (Å²) >= 11 is 0. The first-order chi connectivity index (χ1) is 39.9. The first-order valence-corrected chi connectivity index (χ1v) is 33.0. The van der Waals surface area contributed by atoms with Gasteiger partial charge >= 0.3 is 11.9 Å². The van der Waals surface area contributed by atoms with Crippen LogP contribution in [0.1, 0.15) is 241 Å². The normalized spacial score (nSPS) is 35.0. The molecule has 0 amide bonds. The molecule has 15 heteroatoms. The van der Waals surface area contributed by atoms with Crippen LogP contribution in [0, 0.1) is 17.8 Å². The molecule has 15 nitrogen and oxygen atoms in total. The average Bonchev–Trinajstić information content (AvgIpc) is 3.08. The van der Waals surface area contributed by atoms with Crippen molar-refractivity contribution < 1.29 is 72.6 Å². The lowest BCUT2D eigenvalue weighted by Crippen LogP contribution is -2.60. The van der Waals surface area contributed by atoms with E-state index < -0.39 is 71.7 Å². The molecule has 17 unspecified atom stereocenters. The van der Waals surface area contributed by atoms with Crippen LogP contribution in [0.15, 0.2) is 60.4 Å². The molecule has 17 atom stereocenters. The fraction of sp³-hybridized carbons (Fsp3) is 0.824. The molecule has 83 heavy (non-hydrogen) atoms. The molecule has 0 radical (unpaired) electrons. The molecule has 472 valence electrons. The van der Waals surface area contributed by atoms with E-state index >= 15 is 0 Å². The van der Waals surface area contributed by atoms with Crippen molar-refractivity contribution in [3.8, 4) is 0 Å². The number of unbranched alkanes of at least 4 members (excludes halogenated alkanes) is 14. The van der Waals surface area contributed by atoms with Gasteiger partial charge in [-0.1, -0.05) is 141 Å². The number of allylic oxidation sites excluding steroid dienone is 3. The number of fused-ring (bicyclic) bond motifs is 1. The molecule has 7 aliphatic heterocycles. The lowest BCUT2D eigenvalue weighted by atomic mass is 9.79. The Kier molecular flexibility index (Phi) is 26.9. The number of hydrogen-bond donors (Lipinski definition) is 4. The van der Waals surface area contributed by atoms with Crippen molar-refractivity contribution in [2.24, 2.45) is 17.8 Å². The third kappa shape index (κ3) is 19.9. The molecule has 0 saturated carbocycles. The lowest BCUT2D eigenvalue weighted by molar-refractivity contribution is -0.321. The van der Waals surface area contributed by atoms with Gasteiger partial charge in [-0.05, 0) is 127 Å². The van der Waals surface area contributed by atoms with Gasteiger partial charge in [0.25, 0.3) is 0 Å². The minimum atomic E-state index is -1.87. The van der Waals surface area contributed by atoms with E-state index in [1.54, 1.807) is 12.2 Å². The molecule has 7 rings (SSSR count). The quantitative estimate of drug-likeness (QED) is 0.0168. The van der Waals surface area contributed by atoms with Crippen LogP contribution >= 0.6 is 0 Å². The first-order valence-electron chi connectivity index (χ1n) is 33.0. The maximum absolute atomic E-state index is 13.1. The summed E-state index contributed by atoms with van der Waals surface area (Å²) in [6, 6.07) is 0. The Morgan fingerprint density at radius 1 is 0.831 bits per heavy atom. The predicted octanol–water partition coefficient (Wildman–Crippen LogP) is 12.9. The summed E-state index contributed by atoms with van der Waals surface area (Å²) in [7, 11) is 0. The molecule has 0 aromatic carbocycles. The zero-order chi connectivity index (χ0) is 59.5. The van der Waals surface area contributed by atoms with E-state index in [2.05, 4.69) is 46.4 Å². The second-order valence-electron chi connectivity index (χ2n) is 26.4. The highest BCUT2D eigenvalue weighted by Gasteiger charge is 2.55. The van der Waals surface area contributed by atoms with Gasteiger partial charge < -0.3 is 63.1 Å². The second-order valence-corrected chi connectivity index (χ2v) is 26.4. The van der Waals surface area contributed by atoms with Crippen LogP contribution in [-0.2, 0) is 52.2 Å². The standard InChI is InChI=1S/C68H110O15/c1-8-9-10-11-12-13-14-15-16-17-18-21-24-29-59(71)75-41-26-22-19-20-23-27-42-76-64(73)65(7,74)47-54-32-33-58(70)68(80-54)46-48(2)44-57(81-68)49(3)30-31-53-35-39-67(79-53)40-36-56-63(83-67)60(72)52(6)62(78-56)55(69)45-51(5)61-50(4)34-38-66(82-61)37-25-28-43-77-66/h20,23,27,30-31,42,46,49-51,53-58,60-63,69-70,72,74H,6,8-19,21-22,24-26,28-29,32-41,43-45,47H2,1-5,7H3. The Balaban J connectivity index is 0.773. The fourth-order valence-corrected chi connectivity index (χ4v) is 13.9. The van der Waals surface area contributed by atoms with Crippen molar-refractivity contribution in [2.75, 3.05) is 13.2 Å². The van der Waals surface area contributed by atoms with Crippen LogP contribution in [0.5, 0.6) is 0 Å². The Labute approximate surface area is 498 Å². The van der Waals surface area contributed by atoms with E-state index in [9.17, 15) is 30.0 Å². The predicted molar refractivity (Wildman–Crippen MR) is 319 cm³/mol. The summed E-state index contributed by atoms with van der Waals surface area (Å²) in [6.45, 7) is 17.4. The number of rotatable bonds is 31. The molecule has 7 aliphatic rings. The van der Waals surface area contributed by atoms with Crippen molar-refractivity contribution in [2.45, 2.75) is 325 Å². The van der Waals surface area contributed by atoms with Gasteiger partial charge in [-0.15, -0.1) is 0 Å². The molecule has 3 spiro atoms. The SMILES string of the molecule is C=C1C(O)C2OC3(CCC(C=CC(C)C4CC(C)=CC5(OC(CC(C)(O)C(=O)OC=CC=CCCCCOC(=O)CCCCCCCCCCCCCCC)CCC5O)O4)O3)CCC2OC1C(O)CC(C)C1OC2(CCCCO2)CCC1C. The smallest absolute Gasteiger partial charge is 0.342 e. The van der Waals surface area contributed by atoms with Gasteiger partial charge in [0, 0.05) is 44.4 Å². The van der Waals surface area contributed by atoms with Gasteiger partial charge in [-0.25, -0.2) is 4.79 Å². The molecule has 6 fully saturated rings. The summed E-state index contributed by atoms with van der Waals surface area (Å²) in [5.74, 6) is -3.50. The molecule has 0 aliphatic carbocycles. The summed E-state index contributed by atoms with van der Waals surface area (Å²) in [4.78, 5) is 25.3. The molecular formula is C68H110O15. The number of ether oxygens (including phenoxy) is 9. The monoisotopic (exact) mass is 1170 g/mol. The van der Waals surface area contributed by atoms with Crippen LogP contribution in [0.25, 0.3) is 0 Å².